The van der Waals surface area contributed by atoms with E-state index in [1.807, 2.05) is 24.3 Å². The molecular formula is C15H12O2S. The molecule has 90 valence electrons. The van der Waals surface area contributed by atoms with Crippen LogP contribution in [-0.4, -0.2) is 16.8 Å². The molecule has 0 radical (unpaired) electrons. The minimum Gasteiger partial charge on any atom is -0.478 e. The molecule has 2 rings (SSSR count). The van der Waals surface area contributed by atoms with Crippen molar-refractivity contribution in [1.82, 2.24) is 0 Å². The number of rotatable bonds is 2. The van der Waals surface area contributed by atoms with Crippen LogP contribution in [0, 0.1) is 11.8 Å². The molecule has 0 unspecified atom stereocenters. The molecule has 0 aliphatic heterocycles. The molecule has 0 saturated heterocycles. The Hall–Kier alpha value is -1.92. The fraction of sp³-hybridized carbons (Fsp3) is 0.133. The summed E-state index contributed by atoms with van der Waals surface area (Å²) in [7, 11) is 0. The fourth-order valence-corrected chi connectivity index (χ4v) is 1.93. The van der Waals surface area contributed by atoms with Gasteiger partial charge in [0.1, 0.15) is 0 Å². The van der Waals surface area contributed by atoms with Crippen LogP contribution in [0.2, 0.25) is 0 Å². The van der Waals surface area contributed by atoms with Crippen molar-refractivity contribution in [1.29, 1.82) is 0 Å². The maximum Gasteiger partial charge on any atom is 0.336 e. The normalized spacial score (nSPS) is 9.83. The lowest BCUT2D eigenvalue weighted by molar-refractivity contribution is 0.0699. The summed E-state index contributed by atoms with van der Waals surface area (Å²) in [5.74, 6) is 5.89. The molecule has 0 aliphatic rings. The number of carboxylic acids is 1. The van der Waals surface area contributed by atoms with E-state index in [9.17, 15) is 4.79 Å². The molecule has 0 heterocycles. The van der Waals surface area contributed by atoms with Crippen molar-refractivity contribution >= 4 is 29.4 Å². The van der Waals surface area contributed by atoms with Crippen LogP contribution in [0.3, 0.4) is 0 Å². The molecule has 0 aliphatic carbocycles. The number of carboxylic acid groups (broad SMARTS) is 1. The zero-order valence-electron chi connectivity index (χ0n) is 9.68. The third-order valence-electron chi connectivity index (χ3n) is 2.61. The minimum absolute atomic E-state index is 0.311. The van der Waals surface area contributed by atoms with Crippen LogP contribution >= 0.6 is 12.6 Å². The first-order valence-electron chi connectivity index (χ1n) is 5.59. The topological polar surface area (TPSA) is 37.3 Å². The predicted molar refractivity (Wildman–Crippen MR) is 76.3 cm³/mol. The summed E-state index contributed by atoms with van der Waals surface area (Å²) in [6, 6.07) is 10.8. The summed E-state index contributed by atoms with van der Waals surface area (Å²) in [6.07, 6.45) is 0.720. The summed E-state index contributed by atoms with van der Waals surface area (Å²) in [6.45, 7) is 0. The molecule has 0 aromatic heterocycles. The van der Waals surface area contributed by atoms with Crippen LogP contribution in [0.4, 0.5) is 0 Å². The van der Waals surface area contributed by atoms with Gasteiger partial charge in [-0.25, -0.2) is 4.79 Å². The molecule has 0 fully saturated rings. The second-order valence-electron chi connectivity index (χ2n) is 3.79. The third kappa shape index (κ3) is 2.49. The van der Waals surface area contributed by atoms with Gasteiger partial charge in [-0.15, -0.1) is 0 Å². The first kappa shape index (κ1) is 12.5. The van der Waals surface area contributed by atoms with Crippen molar-refractivity contribution in [2.75, 3.05) is 5.75 Å². The van der Waals surface area contributed by atoms with Crippen molar-refractivity contribution in [3.8, 4) is 11.8 Å². The Kier molecular flexibility index (Phi) is 3.91. The van der Waals surface area contributed by atoms with E-state index in [4.69, 9.17) is 5.11 Å². The standard InChI is InChI=1S/C15H12O2S/c16-15(17)14-9-4-7-12-11(5-1-2-10-18)6-3-8-13(12)14/h3-4,6-9,18H,2,10H2,(H,16,17). The maximum atomic E-state index is 11.1. The number of hydrogen-bond donors (Lipinski definition) is 2. The average Bonchev–Trinajstić information content (AvgIpc) is 2.38. The Bertz CT molecular complexity index is 650. The van der Waals surface area contributed by atoms with Crippen LogP contribution in [-0.2, 0) is 0 Å². The second kappa shape index (κ2) is 5.61. The number of thiol groups is 1. The van der Waals surface area contributed by atoms with Crippen molar-refractivity contribution in [2.24, 2.45) is 0 Å². The third-order valence-corrected chi connectivity index (χ3v) is 2.84. The van der Waals surface area contributed by atoms with Crippen LogP contribution in [0.25, 0.3) is 10.8 Å². The van der Waals surface area contributed by atoms with Gasteiger partial charge in [0.15, 0.2) is 0 Å². The molecule has 0 spiro atoms. The highest BCUT2D eigenvalue weighted by Gasteiger charge is 2.08. The summed E-state index contributed by atoms with van der Waals surface area (Å²) >= 11 is 4.10. The van der Waals surface area contributed by atoms with Gasteiger partial charge in [-0.3, -0.25) is 0 Å². The van der Waals surface area contributed by atoms with E-state index in [1.165, 1.54) is 0 Å². The highest BCUT2D eigenvalue weighted by molar-refractivity contribution is 7.80. The molecule has 2 aromatic carbocycles. The van der Waals surface area contributed by atoms with Crippen molar-refractivity contribution < 1.29 is 9.90 Å². The number of fused-ring (bicyclic) bond motifs is 1. The summed E-state index contributed by atoms with van der Waals surface area (Å²) in [5.41, 5.74) is 1.17. The van der Waals surface area contributed by atoms with E-state index < -0.39 is 5.97 Å². The SMILES string of the molecule is O=C(O)c1cccc2c(C#CCCS)cccc12. The predicted octanol–water partition coefficient (Wildman–Crippen LogP) is 3.21. The van der Waals surface area contributed by atoms with E-state index in [0.717, 1.165) is 28.5 Å². The zero-order chi connectivity index (χ0) is 13.0. The smallest absolute Gasteiger partial charge is 0.336 e. The zero-order valence-corrected chi connectivity index (χ0v) is 10.6. The van der Waals surface area contributed by atoms with Crippen LogP contribution in [0.1, 0.15) is 22.3 Å². The van der Waals surface area contributed by atoms with Gasteiger partial charge in [0.05, 0.1) is 5.56 Å². The van der Waals surface area contributed by atoms with Gasteiger partial charge in [0.2, 0.25) is 0 Å². The summed E-state index contributed by atoms with van der Waals surface area (Å²) < 4.78 is 0. The largest absolute Gasteiger partial charge is 0.478 e. The lowest BCUT2D eigenvalue weighted by atomic mass is 10.0. The first-order chi connectivity index (χ1) is 8.74. The van der Waals surface area contributed by atoms with E-state index in [1.54, 1.807) is 12.1 Å². The molecular weight excluding hydrogens is 244 g/mol. The number of benzene rings is 2. The van der Waals surface area contributed by atoms with Gasteiger partial charge >= 0.3 is 5.97 Å². The quantitative estimate of drug-likeness (QED) is 0.639. The monoisotopic (exact) mass is 256 g/mol. The number of hydrogen-bond acceptors (Lipinski definition) is 2. The second-order valence-corrected chi connectivity index (χ2v) is 4.23. The van der Waals surface area contributed by atoms with Gasteiger partial charge in [0.25, 0.3) is 0 Å². The number of carbonyl (C=O) groups is 1. The number of aromatic carboxylic acids is 1. The van der Waals surface area contributed by atoms with Crippen LogP contribution < -0.4 is 0 Å². The lowest BCUT2D eigenvalue weighted by Crippen LogP contribution is -1.97. The lowest BCUT2D eigenvalue weighted by Gasteiger charge is -2.04. The molecule has 1 N–H and O–H groups in total. The van der Waals surface area contributed by atoms with Crippen molar-refractivity contribution in [2.45, 2.75) is 6.42 Å². The minimum atomic E-state index is -0.916. The maximum absolute atomic E-state index is 11.1. The van der Waals surface area contributed by atoms with E-state index >= 15 is 0 Å². The molecule has 0 bridgehead atoms. The Balaban J connectivity index is 2.61. The average molecular weight is 256 g/mol. The van der Waals surface area contributed by atoms with Crippen LogP contribution in [0.15, 0.2) is 36.4 Å². The van der Waals surface area contributed by atoms with E-state index in [2.05, 4.69) is 24.5 Å². The molecule has 2 aromatic rings. The van der Waals surface area contributed by atoms with Gasteiger partial charge in [0, 0.05) is 17.7 Å². The summed E-state index contributed by atoms with van der Waals surface area (Å²) in [4.78, 5) is 11.1. The highest BCUT2D eigenvalue weighted by Crippen LogP contribution is 2.22. The molecule has 0 atom stereocenters. The van der Waals surface area contributed by atoms with Gasteiger partial charge in [-0.2, -0.15) is 12.6 Å². The Morgan fingerprint density at radius 2 is 1.89 bits per heavy atom. The Morgan fingerprint density at radius 1 is 1.17 bits per heavy atom. The first-order valence-corrected chi connectivity index (χ1v) is 6.22. The van der Waals surface area contributed by atoms with Gasteiger partial charge in [-0.05, 0) is 22.9 Å². The van der Waals surface area contributed by atoms with Gasteiger partial charge in [-0.1, -0.05) is 36.1 Å². The molecule has 0 amide bonds. The molecule has 3 heteroatoms. The molecule has 18 heavy (non-hydrogen) atoms. The van der Waals surface area contributed by atoms with E-state index in [-0.39, 0.29) is 0 Å². The van der Waals surface area contributed by atoms with Gasteiger partial charge < -0.3 is 5.11 Å². The Morgan fingerprint density at radius 3 is 2.61 bits per heavy atom. The molecule has 0 saturated carbocycles. The molecule has 2 nitrogen and oxygen atoms in total. The Labute approximate surface area is 111 Å². The fourth-order valence-electron chi connectivity index (χ4n) is 1.82. The summed E-state index contributed by atoms with van der Waals surface area (Å²) in [5, 5.41) is 10.7. The van der Waals surface area contributed by atoms with Crippen LogP contribution in [0.5, 0.6) is 0 Å². The van der Waals surface area contributed by atoms with Crippen molar-refractivity contribution in [3.63, 3.8) is 0 Å². The van der Waals surface area contributed by atoms with E-state index in [0.29, 0.717) is 5.56 Å². The highest BCUT2D eigenvalue weighted by atomic mass is 32.1. The van der Waals surface area contributed by atoms with Crippen molar-refractivity contribution in [3.05, 3.63) is 47.5 Å².